The summed E-state index contributed by atoms with van der Waals surface area (Å²) in [5, 5.41) is 2.62. The number of aryl methyl sites for hydroxylation is 1. The van der Waals surface area contributed by atoms with E-state index in [2.05, 4.69) is 18.3 Å². The predicted molar refractivity (Wildman–Crippen MR) is 86.6 cm³/mol. The molecule has 0 saturated heterocycles. The van der Waals surface area contributed by atoms with E-state index in [0.29, 0.717) is 0 Å². The number of hydrogen-bond donors (Lipinski definition) is 1. The number of halogens is 2. The number of para-hydroxylation sites is 1. The van der Waals surface area contributed by atoms with Crippen LogP contribution >= 0.6 is 0 Å². The number of nitrogens with zero attached hydrogens (tertiary/aromatic N) is 1. The highest BCUT2D eigenvalue weighted by atomic mass is 19.2. The molecule has 1 atom stereocenters. The fraction of sp³-hybridized carbons (Fsp3) is 0.278. The largest absolute Gasteiger partial charge is 0.359 e. The molecule has 0 unspecified atom stereocenters. The van der Waals surface area contributed by atoms with Gasteiger partial charge in [0.25, 0.3) is 0 Å². The van der Waals surface area contributed by atoms with Crippen LogP contribution in [-0.4, -0.2) is 18.5 Å². The number of carbonyl (C=O) groups excluding carboxylic acids is 1. The Morgan fingerprint density at radius 2 is 2.00 bits per heavy atom. The first-order valence-electron chi connectivity index (χ1n) is 7.64. The SMILES string of the molecule is C[C@H]1CCc2ccccc2N1CC(=O)Nc1ccc(F)c(F)c1. The number of amides is 1. The number of hydrogen-bond acceptors (Lipinski definition) is 2. The van der Waals surface area contributed by atoms with Gasteiger partial charge in [-0.25, -0.2) is 8.78 Å². The Hall–Kier alpha value is -2.43. The van der Waals surface area contributed by atoms with Gasteiger partial charge in [-0.2, -0.15) is 0 Å². The fourth-order valence-electron chi connectivity index (χ4n) is 2.93. The molecule has 3 rings (SSSR count). The number of benzene rings is 2. The summed E-state index contributed by atoms with van der Waals surface area (Å²) in [5.74, 6) is -2.15. The molecule has 1 heterocycles. The maximum Gasteiger partial charge on any atom is 0.243 e. The van der Waals surface area contributed by atoms with Gasteiger partial charge < -0.3 is 10.2 Å². The zero-order valence-electron chi connectivity index (χ0n) is 12.9. The smallest absolute Gasteiger partial charge is 0.243 e. The van der Waals surface area contributed by atoms with Crippen LogP contribution in [0.3, 0.4) is 0 Å². The van der Waals surface area contributed by atoms with Crippen LogP contribution in [0.1, 0.15) is 18.9 Å². The molecule has 0 spiro atoms. The van der Waals surface area contributed by atoms with Crippen molar-refractivity contribution in [3.8, 4) is 0 Å². The van der Waals surface area contributed by atoms with Crippen molar-refractivity contribution in [2.75, 3.05) is 16.8 Å². The molecule has 0 aromatic heterocycles. The van der Waals surface area contributed by atoms with Gasteiger partial charge in [-0.3, -0.25) is 4.79 Å². The van der Waals surface area contributed by atoms with E-state index in [1.807, 2.05) is 23.1 Å². The Bertz CT molecular complexity index is 733. The van der Waals surface area contributed by atoms with Crippen molar-refractivity contribution < 1.29 is 13.6 Å². The monoisotopic (exact) mass is 316 g/mol. The molecule has 1 aliphatic heterocycles. The molecule has 0 aliphatic carbocycles. The minimum Gasteiger partial charge on any atom is -0.359 e. The summed E-state index contributed by atoms with van der Waals surface area (Å²) in [7, 11) is 0. The molecule has 0 fully saturated rings. The van der Waals surface area contributed by atoms with Crippen molar-refractivity contribution in [1.29, 1.82) is 0 Å². The molecule has 0 saturated carbocycles. The van der Waals surface area contributed by atoms with Crippen molar-refractivity contribution in [3.63, 3.8) is 0 Å². The van der Waals surface area contributed by atoms with Crippen molar-refractivity contribution in [2.45, 2.75) is 25.8 Å². The first kappa shape index (κ1) is 15.5. The minimum absolute atomic E-state index is 0.178. The molecule has 2 aromatic carbocycles. The Labute approximate surface area is 133 Å². The highest BCUT2D eigenvalue weighted by molar-refractivity contribution is 5.94. The summed E-state index contributed by atoms with van der Waals surface area (Å²) >= 11 is 0. The highest BCUT2D eigenvalue weighted by Gasteiger charge is 2.24. The molecule has 1 aliphatic rings. The van der Waals surface area contributed by atoms with Gasteiger partial charge in [0.2, 0.25) is 5.91 Å². The number of carbonyl (C=O) groups is 1. The van der Waals surface area contributed by atoms with Crippen molar-refractivity contribution >= 4 is 17.3 Å². The van der Waals surface area contributed by atoms with E-state index in [9.17, 15) is 13.6 Å². The minimum atomic E-state index is -0.973. The predicted octanol–water partition coefficient (Wildman–Crippen LogP) is 3.74. The first-order chi connectivity index (χ1) is 11.0. The van der Waals surface area contributed by atoms with Crippen molar-refractivity contribution in [1.82, 2.24) is 0 Å². The van der Waals surface area contributed by atoms with Gasteiger partial charge in [-0.1, -0.05) is 18.2 Å². The van der Waals surface area contributed by atoms with Crippen molar-refractivity contribution in [2.24, 2.45) is 0 Å². The number of rotatable bonds is 3. The van der Waals surface area contributed by atoms with E-state index in [0.717, 1.165) is 30.7 Å². The molecule has 1 amide bonds. The molecule has 23 heavy (non-hydrogen) atoms. The van der Waals surface area contributed by atoms with Gasteiger partial charge in [-0.15, -0.1) is 0 Å². The average molecular weight is 316 g/mol. The molecule has 1 N–H and O–H groups in total. The van der Waals surface area contributed by atoms with E-state index in [4.69, 9.17) is 0 Å². The number of fused-ring (bicyclic) bond motifs is 1. The Morgan fingerprint density at radius 3 is 2.78 bits per heavy atom. The third-order valence-corrected chi connectivity index (χ3v) is 4.18. The second-order valence-electron chi connectivity index (χ2n) is 5.82. The fourth-order valence-corrected chi connectivity index (χ4v) is 2.93. The molecule has 3 nitrogen and oxygen atoms in total. The zero-order valence-corrected chi connectivity index (χ0v) is 12.9. The second-order valence-corrected chi connectivity index (χ2v) is 5.82. The maximum absolute atomic E-state index is 13.2. The summed E-state index contributed by atoms with van der Waals surface area (Å²) < 4.78 is 26.1. The van der Waals surface area contributed by atoms with Crippen LogP contribution in [0, 0.1) is 11.6 Å². The number of nitrogens with one attached hydrogen (secondary N) is 1. The lowest BCUT2D eigenvalue weighted by Crippen LogP contribution is -2.42. The normalized spacial score (nSPS) is 16.8. The molecular formula is C18H18F2N2O. The van der Waals surface area contributed by atoms with Crippen LogP contribution in [0.5, 0.6) is 0 Å². The molecule has 120 valence electrons. The molecule has 0 radical (unpaired) electrons. The van der Waals surface area contributed by atoms with Crippen LogP contribution in [0.15, 0.2) is 42.5 Å². The zero-order chi connectivity index (χ0) is 16.4. The lowest BCUT2D eigenvalue weighted by atomic mass is 9.96. The summed E-state index contributed by atoms with van der Waals surface area (Å²) in [4.78, 5) is 14.3. The average Bonchev–Trinajstić information content (AvgIpc) is 2.54. The Kier molecular flexibility index (Phi) is 4.28. The van der Waals surface area contributed by atoms with Gasteiger partial charge in [0.1, 0.15) is 0 Å². The third kappa shape index (κ3) is 3.33. The molecular weight excluding hydrogens is 298 g/mol. The van der Waals surface area contributed by atoms with Gasteiger partial charge in [0.15, 0.2) is 11.6 Å². The van der Waals surface area contributed by atoms with Crippen LogP contribution in [-0.2, 0) is 11.2 Å². The number of anilines is 2. The summed E-state index contributed by atoms with van der Waals surface area (Å²) in [6.07, 6.45) is 1.98. The topological polar surface area (TPSA) is 32.3 Å². The van der Waals surface area contributed by atoms with E-state index in [1.165, 1.54) is 11.6 Å². The van der Waals surface area contributed by atoms with Gasteiger partial charge >= 0.3 is 0 Å². The van der Waals surface area contributed by atoms with E-state index in [1.54, 1.807) is 0 Å². The first-order valence-corrected chi connectivity index (χ1v) is 7.64. The van der Waals surface area contributed by atoms with Gasteiger partial charge in [0, 0.05) is 23.5 Å². The molecule has 0 bridgehead atoms. The van der Waals surface area contributed by atoms with Crippen molar-refractivity contribution in [3.05, 3.63) is 59.7 Å². The molecule has 2 aromatic rings. The van der Waals surface area contributed by atoms with Crippen LogP contribution < -0.4 is 10.2 Å². The maximum atomic E-state index is 13.2. The lowest BCUT2D eigenvalue weighted by Gasteiger charge is -2.36. The summed E-state index contributed by atoms with van der Waals surface area (Å²) in [6.45, 7) is 2.26. The lowest BCUT2D eigenvalue weighted by molar-refractivity contribution is -0.115. The van der Waals surface area contributed by atoms with Gasteiger partial charge in [-0.05, 0) is 43.5 Å². The second kappa shape index (κ2) is 6.36. The molecule has 5 heteroatoms. The van der Waals surface area contributed by atoms with E-state index < -0.39 is 11.6 Å². The highest BCUT2D eigenvalue weighted by Crippen LogP contribution is 2.30. The Morgan fingerprint density at radius 1 is 1.22 bits per heavy atom. The standard InChI is InChI=1S/C18H18F2N2O/c1-12-6-7-13-4-2-3-5-17(13)22(12)11-18(23)21-14-8-9-15(19)16(20)10-14/h2-5,8-10,12H,6-7,11H2,1H3,(H,21,23)/t12-/m0/s1. The van der Waals surface area contributed by atoms with Gasteiger partial charge in [0.05, 0.1) is 6.54 Å². The summed E-state index contributed by atoms with van der Waals surface area (Å²) in [6, 6.07) is 11.6. The summed E-state index contributed by atoms with van der Waals surface area (Å²) in [5.41, 5.74) is 2.55. The van der Waals surface area contributed by atoms with Crippen LogP contribution in [0.25, 0.3) is 0 Å². The van der Waals surface area contributed by atoms with E-state index in [-0.39, 0.29) is 24.2 Å². The Balaban J connectivity index is 1.73. The van der Waals surface area contributed by atoms with Crippen LogP contribution in [0.2, 0.25) is 0 Å². The van der Waals surface area contributed by atoms with E-state index >= 15 is 0 Å². The quantitative estimate of drug-likeness (QED) is 0.935. The third-order valence-electron chi connectivity index (χ3n) is 4.18. The van der Waals surface area contributed by atoms with Crippen LogP contribution in [0.4, 0.5) is 20.2 Å².